The highest BCUT2D eigenvalue weighted by Gasteiger charge is 2.23. The number of ether oxygens (including phenoxy) is 1. The summed E-state index contributed by atoms with van der Waals surface area (Å²) in [6.45, 7) is 0.985. The molecule has 2 atom stereocenters. The van der Waals surface area contributed by atoms with Gasteiger partial charge in [0.1, 0.15) is 12.4 Å². The monoisotopic (exact) mass is 420 g/mol. The van der Waals surface area contributed by atoms with Crippen LogP contribution in [0, 0.1) is 0 Å². The molecule has 0 saturated heterocycles. The predicted molar refractivity (Wildman–Crippen MR) is 122 cm³/mol. The molecule has 0 amide bonds. The third-order valence-electron chi connectivity index (χ3n) is 5.23. The minimum absolute atomic E-state index is 0.183. The zero-order valence-electron chi connectivity index (χ0n) is 16.8. The van der Waals surface area contributed by atoms with Crippen LogP contribution in [0.3, 0.4) is 0 Å². The van der Waals surface area contributed by atoms with Crippen LogP contribution < -0.4 is 10.1 Å². The summed E-state index contributed by atoms with van der Waals surface area (Å²) in [6, 6.07) is 25.7. The van der Waals surface area contributed by atoms with Gasteiger partial charge >= 0.3 is 0 Å². The van der Waals surface area contributed by atoms with Gasteiger partial charge in [-0.1, -0.05) is 54.1 Å². The van der Waals surface area contributed by atoms with E-state index < -0.39 is 6.10 Å². The van der Waals surface area contributed by atoms with Crippen molar-refractivity contribution in [3.8, 4) is 5.75 Å². The van der Waals surface area contributed by atoms with Gasteiger partial charge in [-0.05, 0) is 54.6 Å². The zero-order valence-corrected chi connectivity index (χ0v) is 17.6. The van der Waals surface area contributed by atoms with E-state index in [0.29, 0.717) is 13.2 Å². The van der Waals surface area contributed by atoms with Gasteiger partial charge < -0.3 is 19.7 Å². The number of rotatable bonds is 8. The van der Waals surface area contributed by atoms with Gasteiger partial charge in [-0.15, -0.1) is 0 Å². The summed E-state index contributed by atoms with van der Waals surface area (Å²) >= 11 is 5.94. The molecule has 4 nitrogen and oxygen atoms in total. The van der Waals surface area contributed by atoms with Gasteiger partial charge in [0, 0.05) is 28.7 Å². The largest absolute Gasteiger partial charge is 0.489 e. The smallest absolute Gasteiger partial charge is 0.120 e. The van der Waals surface area contributed by atoms with Gasteiger partial charge in [0.25, 0.3) is 0 Å². The summed E-state index contributed by atoms with van der Waals surface area (Å²) in [4.78, 5) is 0. The molecule has 0 fully saturated rings. The second-order valence-electron chi connectivity index (χ2n) is 7.34. The molecule has 5 heteroatoms. The van der Waals surface area contributed by atoms with Crippen LogP contribution in [0.5, 0.6) is 5.75 Å². The van der Waals surface area contributed by atoms with E-state index in [1.165, 1.54) is 0 Å². The van der Waals surface area contributed by atoms with Crippen LogP contribution in [-0.4, -0.2) is 29.4 Å². The Bertz CT molecular complexity index is 1090. The van der Waals surface area contributed by atoms with E-state index in [4.69, 9.17) is 16.3 Å². The molecule has 0 aliphatic heterocycles. The minimum atomic E-state index is -0.561. The fourth-order valence-corrected chi connectivity index (χ4v) is 3.89. The molecule has 1 heterocycles. The van der Waals surface area contributed by atoms with Gasteiger partial charge in [0.2, 0.25) is 0 Å². The Morgan fingerprint density at radius 2 is 1.77 bits per heavy atom. The quantitative estimate of drug-likeness (QED) is 0.419. The molecule has 0 aliphatic rings. The van der Waals surface area contributed by atoms with E-state index in [9.17, 15) is 5.11 Å². The molecular formula is C25H25ClN2O2. The summed E-state index contributed by atoms with van der Waals surface area (Å²) in [5, 5.41) is 15.7. The van der Waals surface area contributed by atoms with E-state index in [0.717, 1.165) is 32.8 Å². The zero-order chi connectivity index (χ0) is 20.9. The van der Waals surface area contributed by atoms with Crippen molar-refractivity contribution in [3.05, 3.63) is 101 Å². The second kappa shape index (κ2) is 9.35. The third kappa shape index (κ3) is 4.51. The summed E-state index contributed by atoms with van der Waals surface area (Å²) in [6.07, 6.45) is 1.47. The molecule has 0 bridgehead atoms. The van der Waals surface area contributed by atoms with Crippen LogP contribution >= 0.6 is 11.6 Å². The molecule has 3 aromatic carbocycles. The highest BCUT2D eigenvalue weighted by atomic mass is 35.5. The Kier molecular flexibility index (Phi) is 6.38. The van der Waals surface area contributed by atoms with E-state index in [2.05, 4.69) is 34.1 Å². The van der Waals surface area contributed by atoms with Crippen LogP contribution in [0.1, 0.15) is 17.2 Å². The van der Waals surface area contributed by atoms with Crippen molar-refractivity contribution in [2.24, 2.45) is 0 Å². The predicted octanol–water partition coefficient (Wildman–Crippen LogP) is 5.04. The van der Waals surface area contributed by atoms with Gasteiger partial charge in [-0.3, -0.25) is 0 Å². The van der Waals surface area contributed by atoms with Crippen molar-refractivity contribution in [1.29, 1.82) is 0 Å². The number of nitrogens with zero attached hydrogens (tertiary/aromatic N) is 1. The van der Waals surface area contributed by atoms with Gasteiger partial charge in [-0.25, -0.2) is 0 Å². The lowest BCUT2D eigenvalue weighted by Crippen LogP contribution is -2.33. The van der Waals surface area contributed by atoms with Crippen LogP contribution in [-0.2, 0) is 6.61 Å². The summed E-state index contributed by atoms with van der Waals surface area (Å²) in [5.41, 5.74) is 3.19. The van der Waals surface area contributed by atoms with Crippen molar-refractivity contribution in [1.82, 2.24) is 9.88 Å². The maximum Gasteiger partial charge on any atom is 0.120 e. The maximum absolute atomic E-state index is 10.9. The van der Waals surface area contributed by atoms with E-state index >= 15 is 0 Å². The maximum atomic E-state index is 10.9. The SMILES string of the molecule is CNC[C@@H](O)[C@H](c1ccccc1)n1ccc2cc(OCc3ccc(Cl)cc3)ccc21. The number of hydrogen-bond acceptors (Lipinski definition) is 3. The minimum Gasteiger partial charge on any atom is -0.489 e. The number of aromatic nitrogens is 1. The Hall–Kier alpha value is -2.79. The molecule has 1 aromatic heterocycles. The molecule has 154 valence electrons. The molecular weight excluding hydrogens is 396 g/mol. The normalized spacial score (nSPS) is 13.3. The Labute approximate surface area is 181 Å². The van der Waals surface area contributed by atoms with Crippen LogP contribution in [0.4, 0.5) is 0 Å². The first kappa shape index (κ1) is 20.5. The number of fused-ring (bicyclic) bond motifs is 1. The molecule has 0 aliphatic carbocycles. The number of nitrogens with one attached hydrogen (secondary N) is 1. The number of likely N-dealkylation sites (N-methyl/N-ethyl adjacent to an activating group) is 1. The second-order valence-corrected chi connectivity index (χ2v) is 7.78. The lowest BCUT2D eigenvalue weighted by Gasteiger charge is -2.26. The first-order chi connectivity index (χ1) is 14.7. The number of halogens is 1. The molecule has 0 unspecified atom stereocenters. The van der Waals surface area contributed by atoms with Crippen molar-refractivity contribution in [3.63, 3.8) is 0 Å². The van der Waals surface area contributed by atoms with Crippen molar-refractivity contribution in [2.75, 3.05) is 13.6 Å². The highest BCUT2D eigenvalue weighted by molar-refractivity contribution is 6.30. The topological polar surface area (TPSA) is 46.4 Å². The van der Waals surface area contributed by atoms with Crippen LogP contribution in [0.15, 0.2) is 85.1 Å². The highest BCUT2D eigenvalue weighted by Crippen LogP contribution is 2.30. The van der Waals surface area contributed by atoms with Gasteiger partial charge in [-0.2, -0.15) is 0 Å². The van der Waals surface area contributed by atoms with E-state index in [1.54, 1.807) is 0 Å². The van der Waals surface area contributed by atoms with Crippen molar-refractivity contribution < 1.29 is 9.84 Å². The molecule has 2 N–H and O–H groups in total. The molecule has 0 saturated carbocycles. The number of aliphatic hydroxyl groups excluding tert-OH is 1. The average molecular weight is 421 g/mol. The first-order valence-electron chi connectivity index (χ1n) is 10.0. The molecule has 0 radical (unpaired) electrons. The Balaban J connectivity index is 1.60. The van der Waals surface area contributed by atoms with Crippen LogP contribution in [0.2, 0.25) is 5.02 Å². The number of aliphatic hydroxyl groups is 1. The van der Waals surface area contributed by atoms with Crippen molar-refractivity contribution in [2.45, 2.75) is 18.8 Å². The molecule has 4 rings (SSSR count). The Morgan fingerprint density at radius 1 is 1.00 bits per heavy atom. The third-order valence-corrected chi connectivity index (χ3v) is 5.48. The molecule has 0 spiro atoms. The number of hydrogen-bond donors (Lipinski definition) is 2. The van der Waals surface area contributed by atoms with Crippen molar-refractivity contribution >= 4 is 22.5 Å². The van der Waals surface area contributed by atoms with Gasteiger partial charge in [0.05, 0.1) is 12.1 Å². The lowest BCUT2D eigenvalue weighted by molar-refractivity contribution is 0.132. The fourth-order valence-electron chi connectivity index (χ4n) is 3.76. The lowest BCUT2D eigenvalue weighted by atomic mass is 10.0. The summed E-state index contributed by atoms with van der Waals surface area (Å²) in [7, 11) is 1.85. The van der Waals surface area contributed by atoms with E-state index in [-0.39, 0.29) is 6.04 Å². The number of benzene rings is 3. The molecule has 4 aromatic rings. The van der Waals surface area contributed by atoms with E-state index in [1.807, 2.05) is 67.8 Å². The summed E-state index contributed by atoms with van der Waals surface area (Å²) < 4.78 is 8.10. The van der Waals surface area contributed by atoms with Crippen LogP contribution in [0.25, 0.3) is 10.9 Å². The van der Waals surface area contributed by atoms with Gasteiger partial charge in [0.15, 0.2) is 0 Å². The summed E-state index contributed by atoms with van der Waals surface area (Å²) in [5.74, 6) is 0.808. The fraction of sp³-hybridized carbons (Fsp3) is 0.200. The standard InChI is InChI=1S/C25H25ClN2O2/c1-27-16-24(29)25(19-5-3-2-4-6-19)28-14-13-20-15-22(11-12-23(20)28)30-17-18-7-9-21(26)10-8-18/h2-15,24-25,27,29H,16-17H2,1H3/t24-,25+/m1/s1. The average Bonchev–Trinajstić information content (AvgIpc) is 3.17. The Morgan fingerprint density at radius 3 is 2.50 bits per heavy atom. The first-order valence-corrected chi connectivity index (χ1v) is 10.4. The molecule has 30 heavy (non-hydrogen) atoms.